The monoisotopic (exact) mass is 705 g/mol. The third kappa shape index (κ3) is 33.2. The van der Waals surface area contributed by atoms with Crippen LogP contribution in [0.2, 0.25) is 0 Å². The van der Waals surface area contributed by atoms with Crippen LogP contribution >= 0.6 is 0 Å². The van der Waals surface area contributed by atoms with E-state index in [2.05, 4.69) is 13.8 Å². The Morgan fingerprint density at radius 3 is 1.43 bits per heavy atom. The zero-order valence-corrected chi connectivity index (χ0v) is 31.6. The van der Waals surface area contributed by atoms with Gasteiger partial charge in [-0.3, -0.25) is 9.69 Å². The van der Waals surface area contributed by atoms with Crippen LogP contribution in [-0.2, 0) is 42.8 Å². The number of nitrogens with zero attached hydrogens (tertiary/aromatic N) is 2. The lowest BCUT2D eigenvalue weighted by atomic mass is 10.2. The fourth-order valence-corrected chi connectivity index (χ4v) is 4.88. The van der Waals surface area contributed by atoms with E-state index < -0.39 is 23.8 Å². The highest BCUT2D eigenvalue weighted by atomic mass is 16.7. The zero-order chi connectivity index (χ0) is 36.2. The first kappa shape index (κ1) is 47.3. The quantitative estimate of drug-likeness (QED) is 0.0376. The molecule has 0 rings (SSSR count). The Morgan fingerprint density at radius 2 is 0.980 bits per heavy atom. The van der Waals surface area contributed by atoms with Gasteiger partial charge in [0.15, 0.2) is 6.10 Å². The number of rotatable bonds is 38. The maximum absolute atomic E-state index is 12.6. The molecular formula is C37H72N2O10. The molecule has 12 nitrogen and oxygen atoms in total. The van der Waals surface area contributed by atoms with Crippen LogP contribution in [0.4, 0.5) is 0 Å². The predicted molar refractivity (Wildman–Crippen MR) is 191 cm³/mol. The van der Waals surface area contributed by atoms with E-state index in [0.717, 1.165) is 71.1 Å². The third-order valence-electron chi connectivity index (χ3n) is 7.84. The highest BCUT2D eigenvalue weighted by Gasteiger charge is 2.25. The number of ketones is 1. The van der Waals surface area contributed by atoms with Crippen LogP contribution in [0.15, 0.2) is 0 Å². The SMILES string of the molecule is CCCCCCOCOCCCCCCOC(=O)C(=O)CN(CCCN(C)C)CC(O)C(=O)OCCCCCCOCOCCCCCC. The van der Waals surface area contributed by atoms with E-state index in [-0.39, 0.29) is 26.3 Å². The van der Waals surface area contributed by atoms with Crippen molar-refractivity contribution in [1.82, 2.24) is 9.80 Å². The highest BCUT2D eigenvalue weighted by Crippen LogP contribution is 2.06. The first-order valence-electron chi connectivity index (χ1n) is 19.0. The summed E-state index contributed by atoms with van der Waals surface area (Å²) in [6.45, 7) is 8.98. The number of aliphatic hydroxyl groups is 1. The lowest BCUT2D eigenvalue weighted by Crippen LogP contribution is -2.43. The van der Waals surface area contributed by atoms with E-state index in [0.29, 0.717) is 52.6 Å². The van der Waals surface area contributed by atoms with Crippen LogP contribution in [-0.4, -0.2) is 132 Å². The molecule has 0 fully saturated rings. The van der Waals surface area contributed by atoms with Gasteiger partial charge in [0.2, 0.25) is 0 Å². The highest BCUT2D eigenvalue weighted by molar-refractivity contribution is 6.34. The Kier molecular flexibility index (Phi) is 34.9. The van der Waals surface area contributed by atoms with E-state index in [1.165, 1.54) is 38.5 Å². The van der Waals surface area contributed by atoms with Crippen molar-refractivity contribution in [3.63, 3.8) is 0 Å². The molecule has 0 amide bonds. The number of unbranched alkanes of at least 4 members (excludes halogenated alkanes) is 12. The van der Waals surface area contributed by atoms with Crippen molar-refractivity contribution in [3.05, 3.63) is 0 Å². The Balaban J connectivity index is 4.13. The van der Waals surface area contributed by atoms with Gasteiger partial charge in [0.25, 0.3) is 5.78 Å². The summed E-state index contributed by atoms with van der Waals surface area (Å²) in [6.07, 6.45) is 15.4. The van der Waals surface area contributed by atoms with Crippen LogP contribution in [0.1, 0.15) is 123 Å². The topological polar surface area (TPSA) is 133 Å². The zero-order valence-electron chi connectivity index (χ0n) is 31.6. The molecule has 0 aliphatic carbocycles. The average molecular weight is 705 g/mol. The number of Topliss-reactive ketones (excluding diaryl/α,β-unsaturated/α-hetero) is 1. The lowest BCUT2D eigenvalue weighted by Gasteiger charge is -2.24. The summed E-state index contributed by atoms with van der Waals surface area (Å²) in [5.41, 5.74) is 0. The van der Waals surface area contributed by atoms with Crippen LogP contribution in [0.25, 0.3) is 0 Å². The fraction of sp³-hybridized carbons (Fsp3) is 0.919. The maximum atomic E-state index is 12.6. The molecule has 0 aliphatic rings. The van der Waals surface area contributed by atoms with Crippen molar-refractivity contribution in [1.29, 1.82) is 0 Å². The third-order valence-corrected chi connectivity index (χ3v) is 7.84. The van der Waals surface area contributed by atoms with Gasteiger partial charge in [-0.15, -0.1) is 0 Å². The van der Waals surface area contributed by atoms with Crippen molar-refractivity contribution in [3.8, 4) is 0 Å². The van der Waals surface area contributed by atoms with Gasteiger partial charge in [0.1, 0.15) is 13.6 Å². The molecule has 0 aromatic heterocycles. The standard InChI is InChI=1S/C37H72N2O10/c1-5-7-9-15-24-44-32-46-26-17-11-13-19-28-48-36(42)34(40)30-39(23-21-22-38(3)4)31-35(41)37(43)49-29-20-14-12-18-27-47-33-45-25-16-10-8-6-2/h34,40H,5-33H2,1-4H3. The van der Waals surface area contributed by atoms with E-state index in [4.69, 9.17) is 28.4 Å². The molecule has 0 aromatic carbocycles. The first-order chi connectivity index (χ1) is 23.8. The largest absolute Gasteiger partial charge is 0.464 e. The van der Waals surface area contributed by atoms with Crippen LogP contribution in [0.5, 0.6) is 0 Å². The molecule has 0 saturated carbocycles. The van der Waals surface area contributed by atoms with Gasteiger partial charge in [-0.2, -0.15) is 0 Å². The minimum Gasteiger partial charge on any atom is -0.464 e. The second-order valence-electron chi connectivity index (χ2n) is 13.0. The van der Waals surface area contributed by atoms with Gasteiger partial charge in [-0.25, -0.2) is 9.59 Å². The Morgan fingerprint density at radius 1 is 0.551 bits per heavy atom. The van der Waals surface area contributed by atoms with Gasteiger partial charge >= 0.3 is 11.9 Å². The van der Waals surface area contributed by atoms with Crippen LogP contribution in [0, 0.1) is 0 Å². The van der Waals surface area contributed by atoms with Crippen LogP contribution < -0.4 is 0 Å². The van der Waals surface area contributed by atoms with Crippen LogP contribution in [0.3, 0.4) is 0 Å². The summed E-state index contributed by atoms with van der Waals surface area (Å²) in [6, 6.07) is 0. The number of carbonyl (C=O) groups is 3. The van der Waals surface area contributed by atoms with E-state index in [9.17, 15) is 19.5 Å². The Hall–Kier alpha value is -1.67. The molecule has 290 valence electrons. The summed E-state index contributed by atoms with van der Waals surface area (Å²) >= 11 is 0. The predicted octanol–water partition coefficient (Wildman–Crippen LogP) is 5.52. The summed E-state index contributed by atoms with van der Waals surface area (Å²) in [5, 5.41) is 10.5. The molecule has 0 radical (unpaired) electrons. The van der Waals surface area contributed by atoms with Gasteiger partial charge in [-0.1, -0.05) is 65.2 Å². The normalized spacial score (nSPS) is 12.1. The molecule has 49 heavy (non-hydrogen) atoms. The second-order valence-corrected chi connectivity index (χ2v) is 13.0. The molecule has 0 aromatic rings. The number of aliphatic hydroxyl groups excluding tert-OH is 1. The number of carbonyl (C=O) groups excluding carboxylic acids is 3. The van der Waals surface area contributed by atoms with Crippen molar-refractivity contribution in [2.75, 3.05) is 93.5 Å². The van der Waals surface area contributed by atoms with Crippen molar-refractivity contribution >= 4 is 17.7 Å². The van der Waals surface area contributed by atoms with E-state index in [1.54, 1.807) is 4.90 Å². The molecule has 0 saturated heterocycles. The average Bonchev–Trinajstić information content (AvgIpc) is 3.08. The smallest absolute Gasteiger partial charge is 0.375 e. The van der Waals surface area contributed by atoms with Gasteiger partial charge in [0, 0.05) is 33.0 Å². The molecular weight excluding hydrogens is 632 g/mol. The molecule has 0 bridgehead atoms. The first-order valence-corrected chi connectivity index (χ1v) is 19.0. The molecule has 0 spiro atoms. The molecule has 1 N–H and O–H groups in total. The number of ether oxygens (including phenoxy) is 6. The summed E-state index contributed by atoms with van der Waals surface area (Å²) in [7, 11) is 3.88. The van der Waals surface area contributed by atoms with E-state index >= 15 is 0 Å². The maximum Gasteiger partial charge on any atom is 0.375 e. The lowest BCUT2D eigenvalue weighted by molar-refractivity contribution is -0.156. The number of esters is 2. The Labute approximate surface area is 297 Å². The molecule has 1 unspecified atom stereocenters. The van der Waals surface area contributed by atoms with Crippen molar-refractivity contribution in [2.24, 2.45) is 0 Å². The summed E-state index contributed by atoms with van der Waals surface area (Å²) in [5.74, 6) is -2.32. The molecule has 1 atom stereocenters. The van der Waals surface area contributed by atoms with E-state index in [1.807, 2.05) is 19.0 Å². The second kappa shape index (κ2) is 36.1. The molecule has 12 heteroatoms. The summed E-state index contributed by atoms with van der Waals surface area (Å²) < 4.78 is 32.3. The number of hydrogen-bond acceptors (Lipinski definition) is 12. The minimum atomic E-state index is -1.42. The molecule has 0 heterocycles. The van der Waals surface area contributed by atoms with Gasteiger partial charge < -0.3 is 38.4 Å². The Bertz CT molecular complexity index is 771. The van der Waals surface area contributed by atoms with Gasteiger partial charge in [-0.05, 0) is 85.0 Å². The number of hydrogen-bond donors (Lipinski definition) is 1. The van der Waals surface area contributed by atoms with Crippen molar-refractivity contribution in [2.45, 2.75) is 129 Å². The summed E-state index contributed by atoms with van der Waals surface area (Å²) in [4.78, 5) is 41.0. The molecule has 0 aliphatic heterocycles. The minimum absolute atomic E-state index is 0.102. The van der Waals surface area contributed by atoms with Gasteiger partial charge in [0.05, 0.1) is 19.8 Å². The fourth-order valence-electron chi connectivity index (χ4n) is 4.88. The van der Waals surface area contributed by atoms with Crippen molar-refractivity contribution < 1.29 is 47.9 Å².